The summed E-state index contributed by atoms with van der Waals surface area (Å²) in [6.07, 6.45) is 2.03. The summed E-state index contributed by atoms with van der Waals surface area (Å²) in [5, 5.41) is 2.68. The van der Waals surface area contributed by atoms with Crippen molar-refractivity contribution in [3.05, 3.63) is 30.1 Å². The molecule has 2 aliphatic heterocycles. The number of nitrogens with zero attached hydrogens (tertiary/aromatic N) is 3. The van der Waals surface area contributed by atoms with E-state index >= 15 is 0 Å². The van der Waals surface area contributed by atoms with Gasteiger partial charge >= 0.3 is 6.03 Å². The monoisotopic (exact) mass is 424 g/mol. The number of hydrogen-bond acceptors (Lipinski definition) is 5. The van der Waals surface area contributed by atoms with Crippen molar-refractivity contribution in [3.8, 4) is 0 Å². The number of urea groups is 1. The first kappa shape index (κ1) is 19.8. The second-order valence-corrected chi connectivity index (χ2v) is 9.43. The van der Waals surface area contributed by atoms with E-state index in [0.717, 1.165) is 23.5 Å². The van der Waals surface area contributed by atoms with Gasteiger partial charge in [0.15, 0.2) is 0 Å². The number of rotatable bonds is 4. The minimum Gasteiger partial charge on any atom is -0.338 e. The Hall–Kier alpha value is -2.53. The predicted octanol–water partition coefficient (Wildman–Crippen LogP) is 0.133. The topological polar surface area (TPSA) is 107 Å². The number of benzene rings is 1. The minimum atomic E-state index is -3.78. The number of hydrogen-bond donors (Lipinski definition) is 1. The average molecular weight is 424 g/mol. The van der Waals surface area contributed by atoms with Gasteiger partial charge in [-0.1, -0.05) is 0 Å². The number of piperazine rings is 1. The van der Waals surface area contributed by atoms with Crippen LogP contribution in [0.15, 0.2) is 29.2 Å². The lowest BCUT2D eigenvalue weighted by molar-refractivity contribution is -0.141. The number of imide groups is 1. The zero-order valence-corrected chi connectivity index (χ0v) is 16.5. The third kappa shape index (κ3) is 3.38. The normalized spacial score (nSPS) is 22.0. The first-order valence-electron chi connectivity index (χ1n) is 9.41. The Morgan fingerprint density at radius 3 is 2.21 bits per heavy atom. The van der Waals surface area contributed by atoms with Crippen LogP contribution in [0.25, 0.3) is 0 Å². The Bertz CT molecular complexity index is 953. The van der Waals surface area contributed by atoms with Crippen LogP contribution in [0.3, 0.4) is 0 Å². The van der Waals surface area contributed by atoms with Crippen LogP contribution in [-0.2, 0) is 19.6 Å². The van der Waals surface area contributed by atoms with Gasteiger partial charge in [0, 0.05) is 26.2 Å². The molecule has 1 saturated carbocycles. The van der Waals surface area contributed by atoms with E-state index in [1.807, 2.05) is 0 Å². The van der Waals surface area contributed by atoms with E-state index in [9.17, 15) is 27.2 Å². The van der Waals surface area contributed by atoms with Crippen LogP contribution in [0.4, 0.5) is 9.18 Å². The number of sulfonamides is 1. The maximum atomic E-state index is 13.0. The number of halogens is 1. The molecule has 4 rings (SSSR count). The van der Waals surface area contributed by atoms with Gasteiger partial charge in [0.2, 0.25) is 15.9 Å². The molecule has 9 nitrogen and oxygen atoms in total. The lowest BCUT2D eigenvalue weighted by atomic mass is 9.77. The molecular weight excluding hydrogens is 403 g/mol. The molecule has 1 aliphatic carbocycles. The van der Waals surface area contributed by atoms with Gasteiger partial charge in [0.1, 0.15) is 17.9 Å². The first-order valence-corrected chi connectivity index (χ1v) is 10.8. The van der Waals surface area contributed by atoms with Crippen molar-refractivity contribution in [3.63, 3.8) is 0 Å². The van der Waals surface area contributed by atoms with Crippen molar-refractivity contribution < 1.29 is 27.2 Å². The quantitative estimate of drug-likeness (QED) is 0.692. The van der Waals surface area contributed by atoms with Crippen molar-refractivity contribution in [2.24, 2.45) is 0 Å². The van der Waals surface area contributed by atoms with Crippen LogP contribution in [0.5, 0.6) is 0 Å². The Kier molecular flexibility index (Phi) is 4.82. The van der Waals surface area contributed by atoms with Crippen LogP contribution in [-0.4, -0.2) is 78.6 Å². The van der Waals surface area contributed by atoms with Gasteiger partial charge in [-0.3, -0.25) is 14.5 Å². The van der Waals surface area contributed by atoms with E-state index in [1.54, 1.807) is 0 Å². The van der Waals surface area contributed by atoms with Gasteiger partial charge < -0.3 is 10.2 Å². The van der Waals surface area contributed by atoms with Crippen molar-refractivity contribution in [2.75, 3.05) is 32.7 Å². The number of amides is 4. The molecule has 3 aliphatic rings. The fourth-order valence-corrected chi connectivity index (χ4v) is 5.28. The molecule has 29 heavy (non-hydrogen) atoms. The zero-order valence-electron chi connectivity index (χ0n) is 15.6. The summed E-state index contributed by atoms with van der Waals surface area (Å²) in [6, 6.07) is 4.02. The number of carbonyl (C=O) groups excluding carboxylic acids is 3. The molecular formula is C18H21FN4O5S. The Labute approximate surface area is 167 Å². The third-order valence-corrected chi connectivity index (χ3v) is 7.70. The van der Waals surface area contributed by atoms with Gasteiger partial charge in [-0.25, -0.2) is 17.6 Å². The fourth-order valence-electron chi connectivity index (χ4n) is 3.86. The second kappa shape index (κ2) is 7.06. The molecule has 1 aromatic rings. The zero-order chi connectivity index (χ0) is 20.8. The highest BCUT2D eigenvalue weighted by molar-refractivity contribution is 7.89. The van der Waals surface area contributed by atoms with Crippen LogP contribution in [0.1, 0.15) is 19.3 Å². The van der Waals surface area contributed by atoms with E-state index in [-0.39, 0.29) is 43.5 Å². The van der Waals surface area contributed by atoms with E-state index in [2.05, 4.69) is 5.32 Å². The van der Waals surface area contributed by atoms with Crippen LogP contribution < -0.4 is 5.32 Å². The summed E-state index contributed by atoms with van der Waals surface area (Å²) in [6.45, 7) is 0.101. The molecule has 1 spiro atoms. The number of carbonyl (C=O) groups is 3. The molecule has 0 aromatic heterocycles. The lowest BCUT2D eigenvalue weighted by Gasteiger charge is -2.36. The molecule has 1 N–H and O–H groups in total. The highest BCUT2D eigenvalue weighted by Crippen LogP contribution is 2.37. The smallest absolute Gasteiger partial charge is 0.325 e. The van der Waals surface area contributed by atoms with Gasteiger partial charge in [-0.15, -0.1) is 0 Å². The molecule has 0 bridgehead atoms. The Balaban J connectivity index is 1.36. The summed E-state index contributed by atoms with van der Waals surface area (Å²) >= 11 is 0. The molecule has 1 aromatic carbocycles. The molecule has 2 saturated heterocycles. The van der Waals surface area contributed by atoms with Crippen LogP contribution in [0, 0.1) is 5.82 Å². The maximum absolute atomic E-state index is 13.0. The van der Waals surface area contributed by atoms with Gasteiger partial charge in [0.25, 0.3) is 5.91 Å². The molecule has 0 atom stereocenters. The summed E-state index contributed by atoms with van der Waals surface area (Å²) in [5.74, 6) is -1.29. The maximum Gasteiger partial charge on any atom is 0.325 e. The molecule has 0 radical (unpaired) electrons. The van der Waals surface area contributed by atoms with Gasteiger partial charge in [-0.05, 0) is 43.5 Å². The molecule has 11 heteroatoms. The molecule has 156 valence electrons. The van der Waals surface area contributed by atoms with Crippen molar-refractivity contribution >= 4 is 27.9 Å². The van der Waals surface area contributed by atoms with E-state index in [0.29, 0.717) is 12.8 Å². The van der Waals surface area contributed by atoms with Crippen LogP contribution in [0.2, 0.25) is 0 Å². The first-order chi connectivity index (χ1) is 13.7. The summed E-state index contributed by atoms with van der Waals surface area (Å²) in [7, 11) is -3.78. The predicted molar refractivity (Wildman–Crippen MR) is 98.6 cm³/mol. The van der Waals surface area contributed by atoms with Gasteiger partial charge in [0.05, 0.1) is 4.90 Å². The Morgan fingerprint density at radius 1 is 1.07 bits per heavy atom. The SMILES string of the molecule is O=C(CN1C(=O)NC2(CCC2)C1=O)N1CCN(S(=O)(=O)c2ccc(F)cc2)CC1. The third-order valence-electron chi connectivity index (χ3n) is 5.79. The highest BCUT2D eigenvalue weighted by atomic mass is 32.2. The number of nitrogens with one attached hydrogen (secondary N) is 1. The average Bonchev–Trinajstić information content (AvgIpc) is 2.93. The van der Waals surface area contributed by atoms with E-state index in [1.165, 1.54) is 21.3 Å². The second-order valence-electron chi connectivity index (χ2n) is 7.50. The highest BCUT2D eigenvalue weighted by Gasteiger charge is 2.55. The standard InChI is InChI=1S/C18H21FN4O5S/c19-13-2-4-14(5-3-13)29(27,28)22-10-8-21(9-11-22)15(24)12-23-16(25)18(6-1-7-18)20-17(23)26/h2-5H,1,6-12H2,(H,20,26). The van der Waals surface area contributed by atoms with Crippen molar-refractivity contribution in [2.45, 2.75) is 29.7 Å². The van der Waals surface area contributed by atoms with Crippen LogP contribution >= 0.6 is 0 Å². The summed E-state index contributed by atoms with van der Waals surface area (Å²) < 4.78 is 39.6. The minimum absolute atomic E-state index is 0.0104. The van der Waals surface area contributed by atoms with Crippen molar-refractivity contribution in [1.29, 1.82) is 0 Å². The summed E-state index contributed by atoms with van der Waals surface area (Å²) in [5.41, 5.74) is -0.834. The van der Waals surface area contributed by atoms with E-state index in [4.69, 9.17) is 0 Å². The molecule has 2 heterocycles. The molecule has 4 amide bonds. The van der Waals surface area contributed by atoms with E-state index < -0.39 is 33.3 Å². The van der Waals surface area contributed by atoms with Gasteiger partial charge in [-0.2, -0.15) is 4.31 Å². The fraction of sp³-hybridized carbons (Fsp3) is 0.500. The molecule has 3 fully saturated rings. The Morgan fingerprint density at radius 2 is 1.69 bits per heavy atom. The molecule has 0 unspecified atom stereocenters. The van der Waals surface area contributed by atoms with Crippen molar-refractivity contribution in [1.82, 2.24) is 19.4 Å². The largest absolute Gasteiger partial charge is 0.338 e. The lowest BCUT2D eigenvalue weighted by Crippen LogP contribution is -2.54. The summed E-state index contributed by atoms with van der Waals surface area (Å²) in [4.78, 5) is 39.5.